The Bertz CT molecular complexity index is 291. The lowest BCUT2D eigenvalue weighted by atomic mass is 9.94. The van der Waals surface area contributed by atoms with E-state index in [4.69, 9.17) is 10.5 Å². The molecule has 78 valence electrons. The van der Waals surface area contributed by atoms with Crippen LogP contribution in [0.1, 0.15) is 24.7 Å². The molecule has 0 saturated carbocycles. The monoisotopic (exact) mass is 195 g/mol. The van der Waals surface area contributed by atoms with E-state index in [9.17, 15) is 0 Å². The summed E-state index contributed by atoms with van der Waals surface area (Å²) in [5.74, 6) is 1.38. The first-order valence-corrected chi connectivity index (χ1v) is 5.09. The van der Waals surface area contributed by atoms with Crippen molar-refractivity contribution >= 4 is 0 Å². The van der Waals surface area contributed by atoms with Crippen LogP contribution in [0.25, 0.3) is 0 Å². The molecule has 0 amide bonds. The molecule has 0 aromatic carbocycles. The predicted octanol–water partition coefficient (Wildman–Crippen LogP) is 0.846. The summed E-state index contributed by atoms with van der Waals surface area (Å²) < 4.78 is 7.41. The number of imidazole rings is 1. The zero-order valence-electron chi connectivity index (χ0n) is 8.52. The molecule has 0 aliphatic carbocycles. The number of nitrogens with zero attached hydrogens (tertiary/aromatic N) is 2. The Morgan fingerprint density at radius 3 is 3.14 bits per heavy atom. The van der Waals surface area contributed by atoms with Crippen molar-refractivity contribution in [3.63, 3.8) is 0 Å². The molecule has 0 bridgehead atoms. The van der Waals surface area contributed by atoms with Gasteiger partial charge in [0.25, 0.3) is 0 Å². The summed E-state index contributed by atoms with van der Waals surface area (Å²) in [6.07, 6.45) is 5.98. The molecule has 1 aliphatic heterocycles. The smallest absolute Gasteiger partial charge is 0.125 e. The van der Waals surface area contributed by atoms with Crippen LogP contribution in [-0.4, -0.2) is 22.8 Å². The molecule has 0 spiro atoms. The van der Waals surface area contributed by atoms with Gasteiger partial charge in [-0.2, -0.15) is 0 Å². The minimum Gasteiger partial charge on any atom is -0.381 e. The number of rotatable bonds is 2. The van der Waals surface area contributed by atoms with Crippen LogP contribution in [0, 0.1) is 5.92 Å². The molecule has 2 heterocycles. The van der Waals surface area contributed by atoms with Gasteiger partial charge in [0.15, 0.2) is 0 Å². The van der Waals surface area contributed by atoms with Crippen LogP contribution in [0.2, 0.25) is 0 Å². The summed E-state index contributed by atoms with van der Waals surface area (Å²) in [4.78, 5) is 4.27. The molecular formula is C10H17N3O. The second-order valence-electron chi connectivity index (χ2n) is 3.90. The fourth-order valence-electron chi connectivity index (χ4n) is 1.96. The van der Waals surface area contributed by atoms with Gasteiger partial charge in [-0.05, 0) is 12.8 Å². The molecule has 1 aromatic heterocycles. The molecule has 1 fully saturated rings. The number of hydrogen-bond donors (Lipinski definition) is 1. The Morgan fingerprint density at radius 2 is 2.57 bits per heavy atom. The van der Waals surface area contributed by atoms with Crippen LogP contribution in [-0.2, 0) is 11.8 Å². The zero-order chi connectivity index (χ0) is 9.97. The topological polar surface area (TPSA) is 53.1 Å². The molecule has 1 aromatic rings. The van der Waals surface area contributed by atoms with Crippen molar-refractivity contribution in [1.82, 2.24) is 9.55 Å². The van der Waals surface area contributed by atoms with Crippen LogP contribution in [0.5, 0.6) is 0 Å². The highest BCUT2D eigenvalue weighted by molar-refractivity contribution is 5.00. The van der Waals surface area contributed by atoms with Crippen LogP contribution < -0.4 is 5.73 Å². The summed E-state index contributed by atoms with van der Waals surface area (Å²) in [5, 5.41) is 0. The van der Waals surface area contributed by atoms with Gasteiger partial charge in [-0.1, -0.05) is 0 Å². The quantitative estimate of drug-likeness (QED) is 0.761. The van der Waals surface area contributed by atoms with Gasteiger partial charge in [-0.3, -0.25) is 0 Å². The third-order valence-electron chi connectivity index (χ3n) is 2.86. The van der Waals surface area contributed by atoms with E-state index in [1.54, 1.807) is 6.20 Å². The van der Waals surface area contributed by atoms with Crippen molar-refractivity contribution in [3.8, 4) is 0 Å². The highest BCUT2D eigenvalue weighted by atomic mass is 16.5. The Balaban J connectivity index is 2.07. The van der Waals surface area contributed by atoms with Gasteiger partial charge in [0.2, 0.25) is 0 Å². The largest absolute Gasteiger partial charge is 0.381 e. The summed E-state index contributed by atoms with van der Waals surface area (Å²) in [5.41, 5.74) is 6.15. The van der Waals surface area contributed by atoms with Gasteiger partial charge in [0, 0.05) is 32.0 Å². The van der Waals surface area contributed by atoms with Crippen molar-refractivity contribution in [2.45, 2.75) is 18.9 Å². The normalized spacial score (nSPS) is 24.9. The van der Waals surface area contributed by atoms with Crippen molar-refractivity contribution < 1.29 is 4.74 Å². The average molecular weight is 195 g/mol. The van der Waals surface area contributed by atoms with Gasteiger partial charge >= 0.3 is 0 Å². The van der Waals surface area contributed by atoms with E-state index in [2.05, 4.69) is 4.98 Å². The van der Waals surface area contributed by atoms with E-state index in [0.29, 0.717) is 5.92 Å². The first kappa shape index (κ1) is 9.68. The number of nitrogens with two attached hydrogens (primary N) is 1. The van der Waals surface area contributed by atoms with Crippen molar-refractivity contribution in [2.75, 3.05) is 13.2 Å². The predicted molar refractivity (Wildman–Crippen MR) is 53.7 cm³/mol. The summed E-state index contributed by atoms with van der Waals surface area (Å²) in [6.45, 7) is 1.65. The van der Waals surface area contributed by atoms with E-state index in [0.717, 1.165) is 31.9 Å². The van der Waals surface area contributed by atoms with Crippen LogP contribution in [0.15, 0.2) is 12.4 Å². The maximum atomic E-state index is 6.15. The van der Waals surface area contributed by atoms with E-state index < -0.39 is 0 Å². The number of aryl methyl sites for hydroxylation is 1. The number of aromatic nitrogens is 2. The molecule has 4 heteroatoms. The molecular weight excluding hydrogens is 178 g/mol. The minimum atomic E-state index is 0.00954. The Hall–Kier alpha value is -0.870. The highest BCUT2D eigenvalue weighted by Gasteiger charge is 2.24. The van der Waals surface area contributed by atoms with E-state index in [1.165, 1.54) is 0 Å². The lowest BCUT2D eigenvalue weighted by Crippen LogP contribution is -2.30. The lowest BCUT2D eigenvalue weighted by molar-refractivity contribution is 0.0433. The maximum absolute atomic E-state index is 6.15. The van der Waals surface area contributed by atoms with Gasteiger partial charge in [0.1, 0.15) is 5.82 Å². The van der Waals surface area contributed by atoms with E-state index in [1.807, 2.05) is 17.8 Å². The Morgan fingerprint density at radius 1 is 1.71 bits per heavy atom. The van der Waals surface area contributed by atoms with Gasteiger partial charge < -0.3 is 15.0 Å². The van der Waals surface area contributed by atoms with Crippen molar-refractivity contribution in [2.24, 2.45) is 18.7 Å². The van der Waals surface area contributed by atoms with Crippen LogP contribution in [0.3, 0.4) is 0 Å². The van der Waals surface area contributed by atoms with Gasteiger partial charge in [-0.15, -0.1) is 0 Å². The number of hydrogen-bond acceptors (Lipinski definition) is 3. The molecule has 0 unspecified atom stereocenters. The molecule has 2 N–H and O–H groups in total. The summed E-state index contributed by atoms with van der Waals surface area (Å²) in [6, 6.07) is 0.00954. The summed E-state index contributed by atoms with van der Waals surface area (Å²) in [7, 11) is 1.98. The number of ether oxygens (including phenoxy) is 1. The molecule has 0 radical (unpaired) electrons. The van der Waals surface area contributed by atoms with Gasteiger partial charge in [-0.25, -0.2) is 4.98 Å². The minimum absolute atomic E-state index is 0.00954. The van der Waals surface area contributed by atoms with Crippen LogP contribution in [0.4, 0.5) is 0 Å². The van der Waals surface area contributed by atoms with Gasteiger partial charge in [0.05, 0.1) is 12.6 Å². The zero-order valence-corrected chi connectivity index (χ0v) is 8.52. The fourth-order valence-corrected chi connectivity index (χ4v) is 1.96. The fraction of sp³-hybridized carbons (Fsp3) is 0.700. The second kappa shape index (κ2) is 4.11. The lowest BCUT2D eigenvalue weighted by Gasteiger charge is -2.27. The third-order valence-corrected chi connectivity index (χ3v) is 2.86. The van der Waals surface area contributed by atoms with E-state index >= 15 is 0 Å². The molecule has 1 saturated heterocycles. The standard InChI is InChI=1S/C10H17N3O/c1-13-5-4-12-10(13)9(11)8-3-2-6-14-7-8/h4-5,8-9H,2-3,6-7,11H2,1H3/t8-,9+/m0/s1. The second-order valence-corrected chi connectivity index (χ2v) is 3.90. The first-order chi connectivity index (χ1) is 6.79. The molecule has 1 aliphatic rings. The SMILES string of the molecule is Cn1ccnc1[C@H](N)[C@H]1CCCOC1. The maximum Gasteiger partial charge on any atom is 0.125 e. The third kappa shape index (κ3) is 1.81. The van der Waals surface area contributed by atoms with Crippen molar-refractivity contribution in [1.29, 1.82) is 0 Å². The summed E-state index contributed by atoms with van der Waals surface area (Å²) >= 11 is 0. The Kier molecular flexibility index (Phi) is 2.84. The first-order valence-electron chi connectivity index (χ1n) is 5.09. The average Bonchev–Trinajstić information content (AvgIpc) is 2.65. The van der Waals surface area contributed by atoms with Crippen molar-refractivity contribution in [3.05, 3.63) is 18.2 Å². The molecule has 2 rings (SSSR count). The Labute approximate surface area is 84.1 Å². The highest BCUT2D eigenvalue weighted by Crippen LogP contribution is 2.25. The van der Waals surface area contributed by atoms with E-state index in [-0.39, 0.29) is 6.04 Å². The molecule has 2 atom stereocenters. The molecule has 14 heavy (non-hydrogen) atoms. The molecule has 4 nitrogen and oxygen atoms in total. The van der Waals surface area contributed by atoms with Crippen LogP contribution >= 0.6 is 0 Å².